The Morgan fingerprint density at radius 2 is 2.00 bits per heavy atom. The van der Waals surface area contributed by atoms with Crippen LogP contribution in [0.2, 0.25) is 0 Å². The van der Waals surface area contributed by atoms with Gasteiger partial charge in [0.2, 0.25) is 5.91 Å². The molecule has 22 heavy (non-hydrogen) atoms. The van der Waals surface area contributed by atoms with Crippen molar-refractivity contribution in [2.75, 3.05) is 32.7 Å². The summed E-state index contributed by atoms with van der Waals surface area (Å²) >= 11 is 0. The fourth-order valence-electron chi connectivity index (χ4n) is 2.47. The lowest BCUT2D eigenvalue weighted by Gasteiger charge is -2.34. The summed E-state index contributed by atoms with van der Waals surface area (Å²) in [6, 6.07) is 2.00. The van der Waals surface area contributed by atoms with Crippen LogP contribution in [0, 0.1) is 6.92 Å². The number of hydrogen-bond acceptors (Lipinski definition) is 4. The zero-order valence-electron chi connectivity index (χ0n) is 13.6. The number of nitrogens with one attached hydrogen (secondary N) is 1. The summed E-state index contributed by atoms with van der Waals surface area (Å²) in [7, 11) is 0. The van der Waals surface area contributed by atoms with Gasteiger partial charge in [0.05, 0.1) is 12.8 Å². The summed E-state index contributed by atoms with van der Waals surface area (Å²) in [6.45, 7) is 8.97. The van der Waals surface area contributed by atoms with Gasteiger partial charge in [-0.25, -0.2) is 0 Å². The van der Waals surface area contributed by atoms with Crippen molar-refractivity contribution in [3.8, 4) is 0 Å². The number of carbonyl (C=O) groups is 2. The van der Waals surface area contributed by atoms with Gasteiger partial charge < -0.3 is 14.6 Å². The van der Waals surface area contributed by atoms with Crippen LogP contribution in [0.5, 0.6) is 0 Å². The molecule has 2 amide bonds. The van der Waals surface area contributed by atoms with Crippen LogP contribution < -0.4 is 5.32 Å². The Bertz CT molecular complexity index is 518. The first-order valence-corrected chi connectivity index (χ1v) is 7.86. The average molecular weight is 307 g/mol. The summed E-state index contributed by atoms with van der Waals surface area (Å²) in [4.78, 5) is 28.1. The van der Waals surface area contributed by atoms with E-state index in [9.17, 15) is 9.59 Å². The molecule has 1 fully saturated rings. The molecular formula is C16H25N3O3. The lowest BCUT2D eigenvalue weighted by atomic mass is 10.2. The zero-order chi connectivity index (χ0) is 16.1. The predicted molar refractivity (Wildman–Crippen MR) is 83.7 cm³/mol. The van der Waals surface area contributed by atoms with Gasteiger partial charge in [-0.15, -0.1) is 0 Å². The van der Waals surface area contributed by atoms with E-state index in [0.717, 1.165) is 12.0 Å². The van der Waals surface area contributed by atoms with Crippen LogP contribution in [0.1, 0.15) is 36.4 Å². The molecule has 1 saturated heterocycles. The van der Waals surface area contributed by atoms with Gasteiger partial charge in [-0.05, 0) is 26.3 Å². The standard InChI is InChI=1S/C16H25N3O3/c1-4-13(3)17-14(20)11-18-6-8-19(9-7-18)16(21)15-12(2)5-10-22-15/h5,10,13H,4,6-9,11H2,1-3H3,(H,17,20). The fraction of sp³-hybridized carbons (Fsp3) is 0.625. The lowest BCUT2D eigenvalue weighted by molar-refractivity contribution is -0.123. The van der Waals surface area contributed by atoms with Gasteiger partial charge in [0.15, 0.2) is 5.76 Å². The van der Waals surface area contributed by atoms with Gasteiger partial charge in [0.1, 0.15) is 0 Å². The number of carbonyl (C=O) groups excluding carboxylic acids is 2. The second-order valence-corrected chi connectivity index (χ2v) is 5.88. The molecule has 1 aliphatic rings. The molecule has 2 rings (SSSR count). The first-order chi connectivity index (χ1) is 10.5. The monoisotopic (exact) mass is 307 g/mol. The fourth-order valence-corrected chi connectivity index (χ4v) is 2.47. The summed E-state index contributed by atoms with van der Waals surface area (Å²) in [5.41, 5.74) is 0.861. The highest BCUT2D eigenvalue weighted by molar-refractivity contribution is 5.92. The minimum Gasteiger partial charge on any atom is -0.459 e. The highest BCUT2D eigenvalue weighted by atomic mass is 16.3. The molecule has 0 aliphatic carbocycles. The zero-order valence-corrected chi connectivity index (χ0v) is 13.6. The van der Waals surface area contributed by atoms with Crippen LogP contribution in [0.4, 0.5) is 0 Å². The third kappa shape index (κ3) is 4.10. The second-order valence-electron chi connectivity index (χ2n) is 5.88. The van der Waals surface area contributed by atoms with Gasteiger partial charge in [-0.2, -0.15) is 0 Å². The van der Waals surface area contributed by atoms with Crippen molar-refractivity contribution >= 4 is 11.8 Å². The number of rotatable bonds is 5. The van der Waals surface area contributed by atoms with E-state index in [0.29, 0.717) is 38.5 Å². The Morgan fingerprint density at radius 1 is 1.32 bits per heavy atom. The summed E-state index contributed by atoms with van der Waals surface area (Å²) in [5, 5.41) is 2.96. The maximum absolute atomic E-state index is 12.3. The minimum atomic E-state index is -0.0637. The lowest BCUT2D eigenvalue weighted by Crippen LogP contribution is -2.51. The summed E-state index contributed by atoms with van der Waals surface area (Å²) < 4.78 is 5.26. The van der Waals surface area contributed by atoms with E-state index in [1.54, 1.807) is 11.0 Å². The maximum atomic E-state index is 12.3. The number of piperazine rings is 1. The molecule has 6 heteroatoms. The molecule has 0 spiro atoms. The van der Waals surface area contributed by atoms with Crippen LogP contribution in [0.15, 0.2) is 16.7 Å². The molecule has 0 saturated carbocycles. The third-order valence-electron chi connectivity index (χ3n) is 4.10. The number of furan rings is 1. The molecule has 0 radical (unpaired) electrons. The highest BCUT2D eigenvalue weighted by Gasteiger charge is 2.25. The molecule has 122 valence electrons. The molecular weight excluding hydrogens is 282 g/mol. The van der Waals surface area contributed by atoms with Gasteiger partial charge in [-0.1, -0.05) is 6.92 Å². The van der Waals surface area contributed by atoms with Crippen molar-refractivity contribution in [1.29, 1.82) is 0 Å². The van der Waals surface area contributed by atoms with E-state index in [1.807, 2.05) is 20.8 Å². The Labute approximate surface area is 131 Å². The van der Waals surface area contributed by atoms with Gasteiger partial charge in [-0.3, -0.25) is 14.5 Å². The number of hydrogen-bond donors (Lipinski definition) is 1. The number of nitrogens with zero attached hydrogens (tertiary/aromatic N) is 2. The number of amides is 2. The highest BCUT2D eigenvalue weighted by Crippen LogP contribution is 2.13. The van der Waals surface area contributed by atoms with Gasteiger partial charge in [0.25, 0.3) is 5.91 Å². The van der Waals surface area contributed by atoms with Crippen molar-refractivity contribution in [2.24, 2.45) is 0 Å². The number of aryl methyl sites for hydroxylation is 1. The second kappa shape index (κ2) is 7.45. The van der Waals surface area contributed by atoms with E-state index < -0.39 is 0 Å². The Kier molecular flexibility index (Phi) is 5.60. The summed E-state index contributed by atoms with van der Waals surface area (Å²) in [5.74, 6) is 0.408. The van der Waals surface area contributed by atoms with Gasteiger partial charge in [0, 0.05) is 37.8 Å². The van der Waals surface area contributed by atoms with Crippen LogP contribution >= 0.6 is 0 Å². The van der Waals surface area contributed by atoms with Crippen molar-refractivity contribution in [1.82, 2.24) is 15.1 Å². The normalized spacial score (nSPS) is 17.3. The van der Waals surface area contributed by atoms with E-state index in [1.165, 1.54) is 6.26 Å². The van der Waals surface area contributed by atoms with Crippen molar-refractivity contribution < 1.29 is 14.0 Å². The van der Waals surface area contributed by atoms with Gasteiger partial charge >= 0.3 is 0 Å². The molecule has 2 heterocycles. The van der Waals surface area contributed by atoms with E-state index in [4.69, 9.17) is 4.42 Å². The molecule has 1 atom stereocenters. The average Bonchev–Trinajstić information content (AvgIpc) is 2.93. The molecule has 6 nitrogen and oxygen atoms in total. The van der Waals surface area contributed by atoms with Crippen LogP contribution in [0.25, 0.3) is 0 Å². The molecule has 0 bridgehead atoms. The van der Waals surface area contributed by atoms with E-state index in [-0.39, 0.29) is 17.9 Å². The van der Waals surface area contributed by atoms with Crippen molar-refractivity contribution in [3.63, 3.8) is 0 Å². The predicted octanol–water partition coefficient (Wildman–Crippen LogP) is 1.26. The third-order valence-corrected chi connectivity index (χ3v) is 4.10. The topological polar surface area (TPSA) is 65.8 Å². The van der Waals surface area contributed by atoms with E-state index in [2.05, 4.69) is 10.2 Å². The Hall–Kier alpha value is -1.82. The first kappa shape index (κ1) is 16.5. The SMILES string of the molecule is CCC(C)NC(=O)CN1CCN(C(=O)c2occc2C)CC1. The largest absolute Gasteiger partial charge is 0.459 e. The van der Waals surface area contributed by atoms with Crippen molar-refractivity contribution in [3.05, 3.63) is 23.7 Å². The Morgan fingerprint density at radius 3 is 2.55 bits per heavy atom. The van der Waals surface area contributed by atoms with Crippen LogP contribution in [-0.4, -0.2) is 60.4 Å². The molecule has 1 unspecified atom stereocenters. The van der Waals surface area contributed by atoms with Crippen LogP contribution in [-0.2, 0) is 4.79 Å². The smallest absolute Gasteiger partial charge is 0.289 e. The quantitative estimate of drug-likeness (QED) is 0.889. The maximum Gasteiger partial charge on any atom is 0.289 e. The summed E-state index contributed by atoms with van der Waals surface area (Å²) in [6.07, 6.45) is 2.47. The molecule has 0 aromatic carbocycles. The van der Waals surface area contributed by atoms with Crippen molar-refractivity contribution in [2.45, 2.75) is 33.2 Å². The molecule has 1 aromatic heterocycles. The Balaban J connectivity index is 1.79. The van der Waals surface area contributed by atoms with E-state index >= 15 is 0 Å². The first-order valence-electron chi connectivity index (χ1n) is 7.86. The van der Waals surface area contributed by atoms with Crippen LogP contribution in [0.3, 0.4) is 0 Å². The molecule has 1 aliphatic heterocycles. The molecule has 1 N–H and O–H groups in total. The molecule has 1 aromatic rings. The minimum absolute atomic E-state index is 0.0519.